The van der Waals surface area contributed by atoms with Crippen molar-refractivity contribution >= 4 is 15.0 Å². The molecule has 0 unspecified atom stereocenters. The first-order valence-corrected chi connectivity index (χ1v) is 10.3. The van der Waals surface area contributed by atoms with Gasteiger partial charge in [-0.1, -0.05) is 47.1 Å². The minimum atomic E-state index is -1.01. The predicted octanol–water partition coefficient (Wildman–Crippen LogP) is 4.24. The zero-order valence-corrected chi connectivity index (χ0v) is 15.6. The number of rotatable bonds is 7. The summed E-state index contributed by atoms with van der Waals surface area (Å²) >= 11 is 0. The van der Waals surface area contributed by atoms with Crippen molar-refractivity contribution in [2.24, 2.45) is 10.8 Å². The van der Waals surface area contributed by atoms with Crippen LogP contribution in [0.5, 0.6) is 0 Å². The maximum Gasteiger partial charge on any atom is 0.332 e. The number of aliphatic carboxylic acids is 1. The van der Waals surface area contributed by atoms with E-state index in [1.54, 1.807) is 0 Å². The van der Waals surface area contributed by atoms with E-state index in [2.05, 4.69) is 26.9 Å². The lowest BCUT2D eigenvalue weighted by molar-refractivity contribution is -0.133. The molecule has 0 aliphatic rings. The topological polar surface area (TPSA) is 46.5 Å². The first-order chi connectivity index (χ1) is 8.93. The van der Waals surface area contributed by atoms with Crippen molar-refractivity contribution in [1.29, 1.82) is 0 Å². The molecular formula is C16H32O3Si. The van der Waals surface area contributed by atoms with E-state index >= 15 is 0 Å². The summed E-state index contributed by atoms with van der Waals surface area (Å²) in [4.78, 5) is 11.7. The minimum Gasteiger partial charge on any atom is -0.478 e. The second-order valence-corrected chi connectivity index (χ2v) is 9.75. The SMILES string of the molecule is CCC(=C(C(=O)O)C(C)(C)C)C(C)(C)CCO[SiH](C)C. The van der Waals surface area contributed by atoms with Crippen LogP contribution in [0.4, 0.5) is 0 Å². The average molecular weight is 301 g/mol. The summed E-state index contributed by atoms with van der Waals surface area (Å²) in [5, 5.41) is 9.61. The second-order valence-electron chi connectivity index (χ2n) is 7.32. The summed E-state index contributed by atoms with van der Waals surface area (Å²) in [6.07, 6.45) is 1.64. The highest BCUT2D eigenvalue weighted by atomic mass is 28.3. The number of carboxylic acids is 1. The van der Waals surface area contributed by atoms with Crippen LogP contribution >= 0.6 is 0 Å². The number of hydrogen-bond acceptors (Lipinski definition) is 2. The van der Waals surface area contributed by atoms with E-state index in [1.807, 2.05) is 27.7 Å². The normalized spacial score (nSPS) is 14.4. The lowest BCUT2D eigenvalue weighted by Crippen LogP contribution is -2.27. The van der Waals surface area contributed by atoms with Crippen LogP contribution < -0.4 is 0 Å². The third kappa shape index (κ3) is 5.79. The Bertz CT molecular complexity index is 362. The van der Waals surface area contributed by atoms with E-state index in [-0.39, 0.29) is 10.8 Å². The third-order valence-corrected chi connectivity index (χ3v) is 4.52. The Labute approximate surface area is 126 Å². The van der Waals surface area contributed by atoms with Gasteiger partial charge in [0.15, 0.2) is 9.04 Å². The van der Waals surface area contributed by atoms with Gasteiger partial charge in [-0.25, -0.2) is 4.79 Å². The van der Waals surface area contributed by atoms with Gasteiger partial charge in [0.25, 0.3) is 0 Å². The fourth-order valence-electron chi connectivity index (χ4n) is 2.60. The standard InChI is InChI=1S/C16H32O3Si/c1-9-12(13(14(17)18)15(2,3)4)16(5,6)10-11-19-20(7)8/h20H,9-11H2,1-8H3,(H,17,18). The Morgan fingerprint density at radius 2 is 1.65 bits per heavy atom. The molecule has 0 radical (unpaired) electrons. The van der Waals surface area contributed by atoms with Gasteiger partial charge in [-0.3, -0.25) is 0 Å². The molecule has 0 heterocycles. The van der Waals surface area contributed by atoms with Crippen molar-refractivity contribution in [3.8, 4) is 0 Å². The van der Waals surface area contributed by atoms with Gasteiger partial charge < -0.3 is 9.53 Å². The first kappa shape index (κ1) is 19.4. The van der Waals surface area contributed by atoms with Crippen molar-refractivity contribution in [3.63, 3.8) is 0 Å². The summed E-state index contributed by atoms with van der Waals surface area (Å²) < 4.78 is 5.77. The molecule has 0 saturated heterocycles. The summed E-state index contributed by atoms with van der Waals surface area (Å²) in [5.41, 5.74) is 1.12. The van der Waals surface area contributed by atoms with E-state index in [9.17, 15) is 9.90 Å². The first-order valence-electron chi connectivity index (χ1n) is 7.52. The van der Waals surface area contributed by atoms with Gasteiger partial charge in [0, 0.05) is 12.2 Å². The van der Waals surface area contributed by atoms with Crippen LogP contribution in [0, 0.1) is 10.8 Å². The zero-order chi connectivity index (χ0) is 16.1. The number of hydrogen-bond donors (Lipinski definition) is 1. The van der Waals surface area contributed by atoms with E-state index in [1.165, 1.54) is 0 Å². The van der Waals surface area contributed by atoms with E-state index < -0.39 is 15.0 Å². The predicted molar refractivity (Wildman–Crippen MR) is 87.6 cm³/mol. The molecule has 0 rings (SSSR count). The molecule has 0 aromatic rings. The van der Waals surface area contributed by atoms with Crippen molar-refractivity contribution in [3.05, 3.63) is 11.1 Å². The Hall–Kier alpha value is -0.613. The molecule has 1 N–H and O–H groups in total. The Morgan fingerprint density at radius 3 is 1.95 bits per heavy atom. The molecule has 0 atom stereocenters. The largest absolute Gasteiger partial charge is 0.478 e. The highest BCUT2D eigenvalue weighted by Crippen LogP contribution is 2.40. The summed E-state index contributed by atoms with van der Waals surface area (Å²) in [5.74, 6) is -0.790. The van der Waals surface area contributed by atoms with Gasteiger partial charge in [-0.2, -0.15) is 0 Å². The van der Waals surface area contributed by atoms with Crippen molar-refractivity contribution in [2.75, 3.05) is 6.61 Å². The summed E-state index contributed by atoms with van der Waals surface area (Å²) in [7, 11) is -1.01. The van der Waals surface area contributed by atoms with Gasteiger partial charge in [0.2, 0.25) is 0 Å². The minimum absolute atomic E-state index is 0.140. The van der Waals surface area contributed by atoms with Gasteiger partial charge in [-0.05, 0) is 36.8 Å². The molecule has 118 valence electrons. The van der Waals surface area contributed by atoms with Gasteiger partial charge in [0.1, 0.15) is 0 Å². The number of carboxylic acid groups (broad SMARTS) is 1. The Balaban J connectivity index is 5.43. The van der Waals surface area contributed by atoms with Crippen molar-refractivity contribution in [2.45, 2.75) is 67.5 Å². The van der Waals surface area contributed by atoms with Crippen LogP contribution in [0.1, 0.15) is 54.4 Å². The lowest BCUT2D eigenvalue weighted by atomic mass is 9.72. The molecule has 0 saturated carbocycles. The molecule has 0 bridgehead atoms. The summed E-state index contributed by atoms with van der Waals surface area (Å²) in [6, 6.07) is 0. The van der Waals surface area contributed by atoms with Crippen LogP contribution in [0.15, 0.2) is 11.1 Å². The van der Waals surface area contributed by atoms with Gasteiger partial charge >= 0.3 is 5.97 Å². The maximum absolute atomic E-state index is 11.7. The molecule has 0 fully saturated rings. The lowest BCUT2D eigenvalue weighted by Gasteiger charge is -2.34. The molecule has 0 amide bonds. The van der Waals surface area contributed by atoms with E-state index in [0.717, 1.165) is 25.0 Å². The fraction of sp³-hybridized carbons (Fsp3) is 0.812. The molecule has 0 aliphatic carbocycles. The maximum atomic E-state index is 11.7. The zero-order valence-electron chi connectivity index (χ0n) is 14.5. The van der Waals surface area contributed by atoms with Crippen LogP contribution in [0.25, 0.3) is 0 Å². The molecule has 0 aromatic heterocycles. The molecule has 4 heteroatoms. The Kier molecular flexibility index (Phi) is 7.18. The van der Waals surface area contributed by atoms with Crippen molar-refractivity contribution < 1.29 is 14.3 Å². The highest BCUT2D eigenvalue weighted by Gasteiger charge is 2.33. The molecular weight excluding hydrogens is 268 g/mol. The van der Waals surface area contributed by atoms with Gasteiger partial charge in [0.05, 0.1) is 0 Å². The molecule has 3 nitrogen and oxygen atoms in total. The second kappa shape index (κ2) is 7.41. The van der Waals surface area contributed by atoms with Crippen molar-refractivity contribution in [1.82, 2.24) is 0 Å². The quantitative estimate of drug-likeness (QED) is 0.565. The number of carbonyl (C=O) groups is 1. The molecule has 0 spiro atoms. The van der Waals surface area contributed by atoms with Crippen LogP contribution in [-0.4, -0.2) is 26.7 Å². The monoisotopic (exact) mass is 300 g/mol. The average Bonchev–Trinajstić information content (AvgIpc) is 2.21. The van der Waals surface area contributed by atoms with Crippen LogP contribution in [0.2, 0.25) is 13.1 Å². The molecule has 20 heavy (non-hydrogen) atoms. The summed E-state index contributed by atoms with van der Waals surface area (Å²) in [6.45, 7) is 17.3. The molecule has 0 aliphatic heterocycles. The van der Waals surface area contributed by atoms with E-state index in [0.29, 0.717) is 5.57 Å². The van der Waals surface area contributed by atoms with Gasteiger partial charge in [-0.15, -0.1) is 0 Å². The van der Waals surface area contributed by atoms with Crippen LogP contribution in [0.3, 0.4) is 0 Å². The Morgan fingerprint density at radius 1 is 1.15 bits per heavy atom. The fourth-order valence-corrected chi connectivity index (χ4v) is 3.19. The van der Waals surface area contributed by atoms with E-state index in [4.69, 9.17) is 4.43 Å². The van der Waals surface area contributed by atoms with Crippen LogP contribution in [-0.2, 0) is 9.22 Å². The highest BCUT2D eigenvalue weighted by molar-refractivity contribution is 6.48. The third-order valence-electron chi connectivity index (χ3n) is 3.61. The number of allylic oxidation sites excluding steroid dienone is 1. The smallest absolute Gasteiger partial charge is 0.332 e. The molecule has 0 aromatic carbocycles.